The average Bonchev–Trinajstić information content (AvgIpc) is 2.92. The van der Waals surface area contributed by atoms with Crippen LogP contribution in [0.4, 0.5) is 0 Å². The van der Waals surface area contributed by atoms with Gasteiger partial charge in [0.05, 0.1) is 0 Å². The van der Waals surface area contributed by atoms with Crippen LogP contribution in [-0.4, -0.2) is 41.1 Å². The second-order valence-electron chi connectivity index (χ2n) is 3.50. The van der Waals surface area contributed by atoms with Crippen LogP contribution in [0, 0.1) is 0 Å². The van der Waals surface area contributed by atoms with Gasteiger partial charge >= 0.3 is 0 Å². The van der Waals surface area contributed by atoms with E-state index in [0.29, 0.717) is 23.3 Å². The fraction of sp³-hybridized carbons (Fsp3) is 0.364. The third kappa shape index (κ3) is 6.68. The summed E-state index contributed by atoms with van der Waals surface area (Å²) >= 11 is 1.19. The Hall–Kier alpha value is -0.650. The Morgan fingerprint density at radius 3 is 2.75 bits per heavy atom. The number of rotatable bonds is 7. The molecule has 1 rings (SSSR count). The molecule has 0 aliphatic rings. The summed E-state index contributed by atoms with van der Waals surface area (Å²) < 4.78 is 26.4. The lowest BCUT2D eigenvalue weighted by Gasteiger charge is -2.10. The highest BCUT2D eigenvalue weighted by atomic mass is 127. The minimum Gasteiger partial charge on any atom is -0.355 e. The maximum absolute atomic E-state index is 11.8. The molecule has 20 heavy (non-hydrogen) atoms. The number of nitrogens with one attached hydrogen (secondary N) is 3. The first-order valence-electron chi connectivity index (χ1n) is 5.68. The van der Waals surface area contributed by atoms with Crippen LogP contribution in [0.2, 0.25) is 0 Å². The lowest BCUT2D eigenvalue weighted by Crippen LogP contribution is -2.41. The van der Waals surface area contributed by atoms with Gasteiger partial charge in [-0.15, -0.1) is 41.9 Å². The summed E-state index contributed by atoms with van der Waals surface area (Å²) in [5.41, 5.74) is 0. The van der Waals surface area contributed by atoms with Gasteiger partial charge in [0, 0.05) is 26.7 Å². The van der Waals surface area contributed by atoms with Crippen molar-refractivity contribution in [2.45, 2.75) is 4.21 Å². The number of hydrogen-bond acceptors (Lipinski definition) is 4. The zero-order chi connectivity index (χ0) is 14.1. The summed E-state index contributed by atoms with van der Waals surface area (Å²) in [7, 11) is -1.74. The number of guanidine groups is 1. The Bertz CT molecular complexity index is 515. The summed E-state index contributed by atoms with van der Waals surface area (Å²) in [5, 5.41) is 7.71. The highest BCUT2D eigenvalue weighted by Gasteiger charge is 2.13. The van der Waals surface area contributed by atoms with Crippen LogP contribution in [0.15, 0.2) is 39.4 Å². The molecule has 0 aliphatic carbocycles. The number of halogens is 1. The van der Waals surface area contributed by atoms with Gasteiger partial charge in [0.1, 0.15) is 4.21 Å². The zero-order valence-corrected chi connectivity index (χ0v) is 15.1. The lowest BCUT2D eigenvalue weighted by atomic mass is 10.6. The van der Waals surface area contributed by atoms with Gasteiger partial charge in [-0.2, -0.15) is 0 Å². The molecule has 0 saturated heterocycles. The first kappa shape index (κ1) is 19.4. The van der Waals surface area contributed by atoms with Gasteiger partial charge in [-0.05, 0) is 11.4 Å². The van der Waals surface area contributed by atoms with Crippen molar-refractivity contribution in [3.63, 3.8) is 0 Å². The Kier molecular flexibility index (Phi) is 9.80. The molecule has 0 fully saturated rings. The van der Waals surface area contributed by atoms with Crippen LogP contribution < -0.4 is 15.4 Å². The van der Waals surface area contributed by atoms with Crippen molar-refractivity contribution in [3.8, 4) is 0 Å². The Balaban J connectivity index is 0.00000361. The van der Waals surface area contributed by atoms with Gasteiger partial charge in [0.15, 0.2) is 5.96 Å². The van der Waals surface area contributed by atoms with Crippen LogP contribution >= 0.6 is 35.3 Å². The molecule has 0 unspecified atom stereocenters. The van der Waals surface area contributed by atoms with Crippen molar-refractivity contribution < 1.29 is 8.42 Å². The van der Waals surface area contributed by atoms with Crippen molar-refractivity contribution in [2.24, 2.45) is 4.99 Å². The number of nitrogens with zero attached hydrogens (tertiary/aromatic N) is 1. The summed E-state index contributed by atoms with van der Waals surface area (Å²) in [5.74, 6) is 0.607. The van der Waals surface area contributed by atoms with E-state index >= 15 is 0 Å². The lowest BCUT2D eigenvalue weighted by molar-refractivity contribution is 0.582. The van der Waals surface area contributed by atoms with E-state index in [-0.39, 0.29) is 30.5 Å². The zero-order valence-electron chi connectivity index (χ0n) is 11.1. The molecule has 1 aromatic heterocycles. The molecular weight excluding hydrogens is 411 g/mol. The summed E-state index contributed by atoms with van der Waals surface area (Å²) in [6.07, 6.45) is 1.71. The average molecular weight is 430 g/mol. The SMILES string of the molecule is C=CCNC(=NC)NCCNS(=O)(=O)c1cccs1.I. The molecule has 0 bridgehead atoms. The molecule has 0 aromatic carbocycles. The molecule has 1 heterocycles. The summed E-state index contributed by atoms with van der Waals surface area (Å²) in [6.45, 7) is 4.92. The summed E-state index contributed by atoms with van der Waals surface area (Å²) in [4.78, 5) is 3.98. The molecular formula is C11H19IN4O2S2. The molecule has 3 N–H and O–H groups in total. The largest absolute Gasteiger partial charge is 0.355 e. The van der Waals surface area contributed by atoms with Gasteiger partial charge in [-0.3, -0.25) is 4.99 Å². The van der Waals surface area contributed by atoms with Crippen LogP contribution in [0.25, 0.3) is 0 Å². The molecule has 1 aromatic rings. The molecule has 0 aliphatic heterocycles. The molecule has 0 atom stereocenters. The van der Waals surface area contributed by atoms with Crippen LogP contribution in [0.1, 0.15) is 0 Å². The fourth-order valence-corrected chi connectivity index (χ4v) is 3.31. The first-order chi connectivity index (χ1) is 9.10. The second-order valence-corrected chi connectivity index (χ2v) is 6.44. The molecule has 0 spiro atoms. The van der Waals surface area contributed by atoms with Crippen molar-refractivity contribution in [1.82, 2.24) is 15.4 Å². The van der Waals surface area contributed by atoms with Crippen molar-refractivity contribution in [1.29, 1.82) is 0 Å². The van der Waals surface area contributed by atoms with E-state index in [4.69, 9.17) is 0 Å². The highest BCUT2D eigenvalue weighted by Crippen LogP contribution is 2.14. The normalized spacial score (nSPS) is 11.6. The van der Waals surface area contributed by atoms with Crippen LogP contribution in [0.3, 0.4) is 0 Å². The van der Waals surface area contributed by atoms with E-state index < -0.39 is 10.0 Å². The monoisotopic (exact) mass is 430 g/mol. The molecule has 114 valence electrons. The molecule has 9 heteroatoms. The third-order valence-electron chi connectivity index (χ3n) is 2.11. The molecule has 6 nitrogen and oxygen atoms in total. The van der Waals surface area contributed by atoms with Crippen molar-refractivity contribution in [3.05, 3.63) is 30.2 Å². The number of sulfonamides is 1. The van der Waals surface area contributed by atoms with E-state index in [1.54, 1.807) is 30.6 Å². The van der Waals surface area contributed by atoms with Crippen molar-refractivity contribution in [2.75, 3.05) is 26.7 Å². The quantitative estimate of drug-likeness (QED) is 0.198. The van der Waals surface area contributed by atoms with E-state index in [9.17, 15) is 8.42 Å². The van der Waals surface area contributed by atoms with Crippen LogP contribution in [0.5, 0.6) is 0 Å². The smallest absolute Gasteiger partial charge is 0.250 e. The predicted molar refractivity (Wildman–Crippen MR) is 94.5 cm³/mol. The Morgan fingerprint density at radius 1 is 1.45 bits per heavy atom. The maximum atomic E-state index is 11.8. The second kappa shape index (κ2) is 10.1. The maximum Gasteiger partial charge on any atom is 0.250 e. The topological polar surface area (TPSA) is 82.6 Å². The minimum atomic E-state index is -3.39. The number of aliphatic imine (C=N–C) groups is 1. The van der Waals surface area contributed by atoms with Gasteiger partial charge in [0.2, 0.25) is 10.0 Å². The highest BCUT2D eigenvalue weighted by molar-refractivity contribution is 14.0. The van der Waals surface area contributed by atoms with Gasteiger partial charge < -0.3 is 10.6 Å². The number of hydrogen-bond donors (Lipinski definition) is 3. The Morgan fingerprint density at radius 2 is 2.20 bits per heavy atom. The Labute approximate surface area is 140 Å². The first-order valence-corrected chi connectivity index (χ1v) is 8.05. The van der Waals surface area contributed by atoms with Gasteiger partial charge in [-0.25, -0.2) is 13.1 Å². The predicted octanol–water partition coefficient (Wildman–Crippen LogP) is 0.995. The molecule has 0 radical (unpaired) electrons. The van der Waals surface area contributed by atoms with Gasteiger partial charge in [-0.1, -0.05) is 12.1 Å². The summed E-state index contributed by atoms with van der Waals surface area (Å²) in [6, 6.07) is 3.28. The minimum absolute atomic E-state index is 0. The number of thiophene rings is 1. The van der Waals surface area contributed by atoms with E-state index in [0.717, 1.165) is 0 Å². The molecule has 0 saturated carbocycles. The van der Waals surface area contributed by atoms with Crippen molar-refractivity contribution >= 4 is 51.3 Å². The third-order valence-corrected chi connectivity index (χ3v) is 4.97. The standard InChI is InChI=1S/C11H18N4O2S2.HI/c1-3-6-13-11(12-2)14-7-8-15-19(16,17)10-5-4-9-18-10;/h3-5,9,15H,1,6-8H2,2H3,(H2,12,13,14);1H. The van der Waals surface area contributed by atoms with Gasteiger partial charge in [0.25, 0.3) is 0 Å². The van der Waals surface area contributed by atoms with Crippen LogP contribution in [-0.2, 0) is 10.0 Å². The van der Waals surface area contributed by atoms with E-state index in [2.05, 4.69) is 26.9 Å². The fourth-order valence-electron chi connectivity index (χ4n) is 1.24. The van der Waals surface area contributed by atoms with E-state index in [1.807, 2.05) is 0 Å². The molecule has 0 amide bonds. The van der Waals surface area contributed by atoms with E-state index in [1.165, 1.54) is 11.3 Å².